The van der Waals surface area contributed by atoms with Crippen LogP contribution >= 0.6 is 0 Å². The Morgan fingerprint density at radius 1 is 0.400 bits per heavy atom. The normalized spacial score (nSPS) is 12.7. The minimum Gasteiger partial charge on any atom is -0.465 e. The van der Waals surface area contributed by atoms with Crippen LogP contribution in [0.25, 0.3) is 0 Å². The van der Waals surface area contributed by atoms with E-state index in [1.54, 1.807) is 0 Å². The van der Waals surface area contributed by atoms with E-state index in [1.165, 1.54) is 89.9 Å². The molecule has 3 atom stereocenters. The molecule has 12 heteroatoms. The van der Waals surface area contributed by atoms with Gasteiger partial charge in [0.15, 0.2) is 0 Å². The minimum absolute atomic E-state index is 0.0122. The van der Waals surface area contributed by atoms with Crippen molar-refractivity contribution in [2.24, 2.45) is 5.92 Å². The molecular weight excluding hydrogens is 827 g/mol. The van der Waals surface area contributed by atoms with Crippen LogP contribution in [0.1, 0.15) is 247 Å². The average molecular weight is 926 g/mol. The lowest BCUT2D eigenvalue weighted by Crippen LogP contribution is -2.27. The molecule has 382 valence electrons. The summed E-state index contributed by atoms with van der Waals surface area (Å²) in [7, 11) is 0. The summed E-state index contributed by atoms with van der Waals surface area (Å²) in [6.07, 6.45) is 29.1. The third-order valence-electron chi connectivity index (χ3n) is 12.0. The van der Waals surface area contributed by atoms with Crippen molar-refractivity contribution in [1.29, 1.82) is 0 Å². The molecule has 0 bridgehead atoms. The Morgan fingerprint density at radius 3 is 1.28 bits per heavy atom. The van der Waals surface area contributed by atoms with Gasteiger partial charge in [0, 0.05) is 32.2 Å². The fourth-order valence-electron chi connectivity index (χ4n) is 7.72. The van der Waals surface area contributed by atoms with Crippen LogP contribution in [0.5, 0.6) is 0 Å². The predicted octanol–water partition coefficient (Wildman–Crippen LogP) is 13.6. The molecular formula is C53H99NO11. The van der Waals surface area contributed by atoms with Crippen molar-refractivity contribution in [1.82, 2.24) is 4.90 Å². The largest absolute Gasteiger partial charge is 0.508 e. The van der Waals surface area contributed by atoms with Crippen molar-refractivity contribution in [3.05, 3.63) is 0 Å². The number of carbonyl (C=O) groups excluding carboxylic acids is 5. The third-order valence-corrected chi connectivity index (χ3v) is 12.0. The first kappa shape index (κ1) is 62.1. The van der Waals surface area contributed by atoms with Crippen molar-refractivity contribution in [2.45, 2.75) is 259 Å². The van der Waals surface area contributed by atoms with Gasteiger partial charge in [-0.25, -0.2) is 4.79 Å². The average Bonchev–Trinajstić information content (AvgIpc) is 3.29. The highest BCUT2D eigenvalue weighted by Gasteiger charge is 2.19. The van der Waals surface area contributed by atoms with Crippen molar-refractivity contribution in [3.8, 4) is 0 Å². The van der Waals surface area contributed by atoms with E-state index in [-0.39, 0.29) is 69.4 Å². The first-order chi connectivity index (χ1) is 31.6. The molecule has 0 aliphatic carbocycles. The van der Waals surface area contributed by atoms with E-state index in [9.17, 15) is 24.0 Å². The van der Waals surface area contributed by atoms with Gasteiger partial charge in [-0.1, -0.05) is 144 Å². The number of unbranched alkanes of at least 4 members (excludes halogenated alkanes) is 19. The molecule has 0 N–H and O–H groups in total. The zero-order valence-electron chi connectivity index (χ0n) is 42.7. The molecule has 0 spiro atoms. The Kier molecular flexibility index (Phi) is 44.2. The molecule has 12 nitrogen and oxygen atoms in total. The Labute approximate surface area is 397 Å². The number of ether oxygens (including phenoxy) is 6. The van der Waals surface area contributed by atoms with E-state index in [4.69, 9.17) is 28.4 Å². The van der Waals surface area contributed by atoms with E-state index in [0.29, 0.717) is 44.9 Å². The first-order valence-corrected chi connectivity index (χ1v) is 26.8. The Morgan fingerprint density at radius 2 is 0.785 bits per heavy atom. The summed E-state index contributed by atoms with van der Waals surface area (Å²) in [5, 5.41) is 0. The zero-order chi connectivity index (χ0) is 48.0. The summed E-state index contributed by atoms with van der Waals surface area (Å²) < 4.78 is 33.1. The number of rotatable bonds is 47. The molecule has 3 unspecified atom stereocenters. The second kappa shape index (κ2) is 46.2. The van der Waals surface area contributed by atoms with Gasteiger partial charge in [0.05, 0.1) is 18.6 Å². The van der Waals surface area contributed by atoms with Crippen LogP contribution in [0.15, 0.2) is 0 Å². The van der Waals surface area contributed by atoms with Crippen molar-refractivity contribution in [2.75, 3.05) is 46.1 Å². The van der Waals surface area contributed by atoms with Gasteiger partial charge in [0.1, 0.15) is 25.9 Å². The monoisotopic (exact) mass is 926 g/mol. The topological polar surface area (TPSA) is 144 Å². The Bertz CT molecular complexity index is 1150. The smallest absolute Gasteiger partial charge is 0.465 e. The molecule has 0 radical (unpaired) electrons. The van der Waals surface area contributed by atoms with Crippen LogP contribution in [-0.2, 0) is 47.6 Å². The molecule has 65 heavy (non-hydrogen) atoms. The van der Waals surface area contributed by atoms with Gasteiger partial charge in [0.2, 0.25) is 0 Å². The van der Waals surface area contributed by atoms with Gasteiger partial charge in [-0.05, 0) is 90.6 Å². The lowest BCUT2D eigenvalue weighted by atomic mass is 10.0. The molecule has 0 amide bonds. The van der Waals surface area contributed by atoms with E-state index in [1.807, 2.05) is 6.92 Å². The maximum absolute atomic E-state index is 12.7. The summed E-state index contributed by atoms with van der Waals surface area (Å²) in [5.74, 6) is -1.67. The van der Waals surface area contributed by atoms with Gasteiger partial charge in [-0.3, -0.25) is 19.2 Å². The van der Waals surface area contributed by atoms with E-state index in [0.717, 1.165) is 77.4 Å². The molecule has 0 rings (SSSR count). The molecule has 0 aromatic heterocycles. The van der Waals surface area contributed by atoms with Crippen LogP contribution in [-0.4, -0.2) is 93.2 Å². The van der Waals surface area contributed by atoms with Crippen LogP contribution in [0.2, 0.25) is 0 Å². The van der Waals surface area contributed by atoms with Crippen molar-refractivity contribution in [3.63, 3.8) is 0 Å². The van der Waals surface area contributed by atoms with Gasteiger partial charge in [0.25, 0.3) is 0 Å². The summed E-state index contributed by atoms with van der Waals surface area (Å²) in [5.41, 5.74) is 0. The lowest BCUT2D eigenvalue weighted by molar-refractivity contribution is -0.151. The van der Waals surface area contributed by atoms with Crippen LogP contribution < -0.4 is 0 Å². The van der Waals surface area contributed by atoms with Crippen molar-refractivity contribution < 1.29 is 52.4 Å². The van der Waals surface area contributed by atoms with Gasteiger partial charge in [-0.2, -0.15) is 0 Å². The van der Waals surface area contributed by atoms with E-state index in [2.05, 4.69) is 39.5 Å². The third kappa shape index (κ3) is 42.2. The lowest BCUT2D eigenvalue weighted by Gasteiger charge is -2.18. The van der Waals surface area contributed by atoms with Gasteiger partial charge in [-0.15, -0.1) is 0 Å². The maximum atomic E-state index is 12.7. The highest BCUT2D eigenvalue weighted by atomic mass is 16.7. The SMILES string of the molecule is CCCCCCCCCC(C)OC(=O)CCCCCC(=O)OCC(COC(=O)CCCCCCC(=O)OC(CCCCCC)CCCCCCCC)COC(=O)OCCCN(CC)CC. The van der Waals surface area contributed by atoms with Crippen molar-refractivity contribution >= 4 is 30.0 Å². The van der Waals surface area contributed by atoms with Crippen LogP contribution in [0.3, 0.4) is 0 Å². The number of hydrogen-bond acceptors (Lipinski definition) is 12. The second-order valence-corrected chi connectivity index (χ2v) is 18.2. The number of esters is 4. The molecule has 0 aliphatic rings. The number of hydrogen-bond donors (Lipinski definition) is 0. The molecule has 0 heterocycles. The molecule has 0 aliphatic heterocycles. The van der Waals surface area contributed by atoms with Crippen LogP contribution in [0.4, 0.5) is 4.79 Å². The summed E-state index contributed by atoms with van der Waals surface area (Å²) >= 11 is 0. The predicted molar refractivity (Wildman–Crippen MR) is 261 cm³/mol. The molecule has 0 aromatic carbocycles. The maximum Gasteiger partial charge on any atom is 0.508 e. The fourth-order valence-corrected chi connectivity index (χ4v) is 7.72. The van der Waals surface area contributed by atoms with E-state index < -0.39 is 18.0 Å². The molecule has 0 saturated carbocycles. The second-order valence-electron chi connectivity index (χ2n) is 18.2. The van der Waals surface area contributed by atoms with Gasteiger partial charge < -0.3 is 33.3 Å². The zero-order valence-corrected chi connectivity index (χ0v) is 42.7. The fraction of sp³-hybridized carbons (Fsp3) is 0.906. The number of carbonyl (C=O) groups is 5. The summed E-state index contributed by atoms with van der Waals surface area (Å²) in [6, 6.07) is 0. The standard InChI is InChI=1S/C53H99NO11/c1-7-12-15-18-20-21-26-34-46(6)64-51(57)39-32-25-31-38-50(56)62-44-47(45-63-53(59)60-42-33-41-54(10-4)11-5)43-61-49(55)37-29-23-24-30-40-52(58)65-48(35-27-17-14-9-3)36-28-22-19-16-13-8-2/h46-48H,7-45H2,1-6H3. The molecule has 0 fully saturated rings. The quantitative estimate of drug-likeness (QED) is 0.0325. The summed E-state index contributed by atoms with van der Waals surface area (Å²) in [6.45, 7) is 15.3. The highest BCUT2D eigenvalue weighted by molar-refractivity contribution is 5.70. The Balaban J connectivity index is 4.67. The van der Waals surface area contributed by atoms with Crippen LogP contribution in [0, 0.1) is 5.92 Å². The highest BCUT2D eigenvalue weighted by Crippen LogP contribution is 2.19. The number of nitrogens with zero attached hydrogens (tertiary/aromatic N) is 1. The first-order valence-electron chi connectivity index (χ1n) is 26.8. The van der Waals surface area contributed by atoms with E-state index >= 15 is 0 Å². The minimum atomic E-state index is -0.817. The Hall–Kier alpha value is -2.89. The summed E-state index contributed by atoms with van der Waals surface area (Å²) in [4.78, 5) is 64.9. The molecule has 0 saturated heterocycles. The van der Waals surface area contributed by atoms with Gasteiger partial charge >= 0.3 is 30.0 Å². The molecule has 0 aromatic rings.